The molecule has 0 saturated heterocycles. The Kier molecular flexibility index (Phi) is 3.99. The lowest BCUT2D eigenvalue weighted by atomic mass is 10.2. The minimum Gasteiger partial charge on any atom is -0.489 e. The average Bonchev–Trinajstić information content (AvgIpc) is 2.38. The molecule has 1 nitrogen and oxygen atoms in total. The lowest BCUT2D eigenvalue weighted by Crippen LogP contribution is -1.94. The molecule has 2 aromatic rings. The summed E-state index contributed by atoms with van der Waals surface area (Å²) in [5, 5.41) is 0. The van der Waals surface area contributed by atoms with Crippen molar-refractivity contribution in [1.29, 1.82) is 0 Å². The van der Waals surface area contributed by atoms with Gasteiger partial charge in [0.15, 0.2) is 0 Å². The van der Waals surface area contributed by atoms with E-state index in [1.807, 2.05) is 42.5 Å². The van der Waals surface area contributed by atoms with Crippen molar-refractivity contribution in [2.75, 3.05) is 0 Å². The van der Waals surface area contributed by atoms with Crippen molar-refractivity contribution in [1.82, 2.24) is 0 Å². The minimum atomic E-state index is 0.593. The summed E-state index contributed by atoms with van der Waals surface area (Å²) in [6, 6.07) is 18.0. The Bertz CT molecular complexity index is 488. The Balaban J connectivity index is 1.98. The zero-order valence-corrected chi connectivity index (χ0v) is 11.0. The van der Waals surface area contributed by atoms with Crippen LogP contribution < -0.4 is 4.74 Å². The van der Waals surface area contributed by atoms with Gasteiger partial charge in [0.1, 0.15) is 12.4 Å². The molecule has 0 aliphatic heterocycles. The van der Waals surface area contributed by atoms with Gasteiger partial charge in [-0.15, -0.1) is 0 Å². The third-order valence-electron chi connectivity index (χ3n) is 2.42. The fourth-order valence-corrected chi connectivity index (χ4v) is 1.74. The van der Waals surface area contributed by atoms with Crippen LogP contribution in [0.3, 0.4) is 0 Å². The van der Waals surface area contributed by atoms with Gasteiger partial charge in [-0.2, -0.15) is 0 Å². The van der Waals surface area contributed by atoms with Gasteiger partial charge in [-0.3, -0.25) is 0 Å². The lowest BCUT2D eigenvalue weighted by molar-refractivity contribution is 0.306. The quantitative estimate of drug-likeness (QED) is 0.797. The molecule has 2 rings (SSSR count). The van der Waals surface area contributed by atoms with Gasteiger partial charge in [0.2, 0.25) is 0 Å². The summed E-state index contributed by atoms with van der Waals surface area (Å²) in [6.45, 7) is 4.42. The third-order valence-corrected chi connectivity index (χ3v) is 2.87. The Morgan fingerprint density at radius 3 is 2.24 bits per heavy atom. The molecule has 0 atom stereocenters. The molecule has 0 radical (unpaired) electrons. The second-order valence-electron chi connectivity index (χ2n) is 3.70. The number of hydrogen-bond acceptors (Lipinski definition) is 1. The summed E-state index contributed by atoms with van der Waals surface area (Å²) in [5.74, 6) is 0.867. The van der Waals surface area contributed by atoms with Crippen molar-refractivity contribution in [3.8, 4) is 5.75 Å². The zero-order valence-electron chi connectivity index (χ0n) is 9.40. The van der Waals surface area contributed by atoms with Crippen molar-refractivity contribution < 1.29 is 4.74 Å². The first-order valence-corrected chi connectivity index (χ1v) is 6.16. The highest BCUT2D eigenvalue weighted by Crippen LogP contribution is 2.21. The van der Waals surface area contributed by atoms with Gasteiger partial charge in [-0.25, -0.2) is 0 Å². The summed E-state index contributed by atoms with van der Waals surface area (Å²) >= 11 is 3.35. The Morgan fingerprint density at radius 2 is 1.65 bits per heavy atom. The van der Waals surface area contributed by atoms with Gasteiger partial charge in [0.25, 0.3) is 0 Å². The van der Waals surface area contributed by atoms with Gasteiger partial charge in [0, 0.05) is 4.48 Å². The molecule has 0 spiro atoms. The van der Waals surface area contributed by atoms with Gasteiger partial charge in [0.05, 0.1) is 0 Å². The van der Waals surface area contributed by atoms with E-state index in [1.165, 1.54) is 5.56 Å². The average molecular weight is 289 g/mol. The highest BCUT2D eigenvalue weighted by molar-refractivity contribution is 9.15. The standard InChI is InChI=1S/C15H13BrO/c1-12(16)14-7-9-15(10-8-14)17-11-13-5-3-2-4-6-13/h2-10H,1,11H2. The summed E-state index contributed by atoms with van der Waals surface area (Å²) < 4.78 is 6.56. The summed E-state index contributed by atoms with van der Waals surface area (Å²) in [7, 11) is 0. The molecule has 0 heterocycles. The number of halogens is 1. The van der Waals surface area contributed by atoms with Crippen LogP contribution in [0.1, 0.15) is 11.1 Å². The Labute approximate surface area is 110 Å². The highest BCUT2D eigenvalue weighted by Gasteiger charge is 1.97. The molecule has 0 unspecified atom stereocenters. The Hall–Kier alpha value is -1.54. The lowest BCUT2D eigenvalue weighted by Gasteiger charge is -2.06. The van der Waals surface area contributed by atoms with E-state index in [9.17, 15) is 0 Å². The third kappa shape index (κ3) is 3.46. The zero-order chi connectivity index (χ0) is 12.1. The van der Waals surface area contributed by atoms with E-state index < -0.39 is 0 Å². The van der Waals surface area contributed by atoms with Crippen LogP contribution in [0.2, 0.25) is 0 Å². The molecular weight excluding hydrogens is 276 g/mol. The van der Waals surface area contributed by atoms with Crippen molar-refractivity contribution in [3.05, 3.63) is 72.3 Å². The topological polar surface area (TPSA) is 9.23 Å². The van der Waals surface area contributed by atoms with Crippen molar-refractivity contribution in [3.63, 3.8) is 0 Å². The maximum absolute atomic E-state index is 5.68. The summed E-state index contributed by atoms with van der Waals surface area (Å²) in [5.41, 5.74) is 2.23. The number of benzene rings is 2. The Morgan fingerprint density at radius 1 is 1.00 bits per heavy atom. The molecule has 0 amide bonds. The first-order valence-electron chi connectivity index (χ1n) is 5.37. The molecule has 0 aliphatic carbocycles. The van der Waals surface area contributed by atoms with E-state index in [4.69, 9.17) is 4.74 Å². The summed E-state index contributed by atoms with van der Waals surface area (Å²) in [6.07, 6.45) is 0. The van der Waals surface area contributed by atoms with Crippen LogP contribution in [0.25, 0.3) is 4.48 Å². The number of hydrogen-bond donors (Lipinski definition) is 0. The summed E-state index contributed by atoms with van der Waals surface area (Å²) in [4.78, 5) is 0. The second kappa shape index (κ2) is 5.69. The molecule has 0 aliphatic rings. The molecule has 86 valence electrons. The van der Waals surface area contributed by atoms with Crippen LogP contribution in [0.15, 0.2) is 61.2 Å². The van der Waals surface area contributed by atoms with Crippen LogP contribution in [-0.4, -0.2) is 0 Å². The predicted octanol–water partition coefficient (Wildman–Crippen LogP) is 4.63. The van der Waals surface area contributed by atoms with Crippen LogP contribution in [0.4, 0.5) is 0 Å². The first kappa shape index (κ1) is 11.9. The van der Waals surface area contributed by atoms with E-state index in [-0.39, 0.29) is 0 Å². The van der Waals surface area contributed by atoms with Crippen LogP contribution in [0.5, 0.6) is 5.75 Å². The van der Waals surface area contributed by atoms with Crippen molar-refractivity contribution in [2.45, 2.75) is 6.61 Å². The van der Waals surface area contributed by atoms with E-state index in [0.29, 0.717) is 6.61 Å². The van der Waals surface area contributed by atoms with E-state index in [1.54, 1.807) is 0 Å². The van der Waals surface area contributed by atoms with E-state index in [2.05, 4.69) is 34.6 Å². The van der Waals surface area contributed by atoms with Crippen LogP contribution in [0, 0.1) is 0 Å². The monoisotopic (exact) mass is 288 g/mol. The van der Waals surface area contributed by atoms with Gasteiger partial charge >= 0.3 is 0 Å². The predicted molar refractivity (Wildman–Crippen MR) is 75.2 cm³/mol. The van der Waals surface area contributed by atoms with E-state index in [0.717, 1.165) is 15.8 Å². The molecule has 2 aromatic carbocycles. The normalized spacial score (nSPS) is 9.94. The number of ether oxygens (including phenoxy) is 1. The molecule has 0 aromatic heterocycles. The minimum absolute atomic E-state index is 0.593. The van der Waals surface area contributed by atoms with Gasteiger partial charge in [-0.1, -0.05) is 65.0 Å². The molecule has 2 heteroatoms. The first-order chi connectivity index (χ1) is 8.25. The van der Waals surface area contributed by atoms with Crippen LogP contribution >= 0.6 is 15.9 Å². The van der Waals surface area contributed by atoms with Crippen LogP contribution in [-0.2, 0) is 6.61 Å². The van der Waals surface area contributed by atoms with Gasteiger partial charge in [-0.05, 0) is 23.3 Å². The van der Waals surface area contributed by atoms with Crippen molar-refractivity contribution >= 4 is 20.4 Å². The van der Waals surface area contributed by atoms with Gasteiger partial charge < -0.3 is 4.74 Å². The molecular formula is C15H13BrO. The maximum Gasteiger partial charge on any atom is 0.119 e. The molecule has 0 fully saturated rings. The fourth-order valence-electron chi connectivity index (χ4n) is 1.47. The number of rotatable bonds is 4. The molecule has 0 saturated carbocycles. The second-order valence-corrected chi connectivity index (χ2v) is 4.66. The smallest absolute Gasteiger partial charge is 0.119 e. The largest absolute Gasteiger partial charge is 0.489 e. The molecule has 0 bridgehead atoms. The van der Waals surface area contributed by atoms with E-state index >= 15 is 0 Å². The SMILES string of the molecule is C=C(Br)c1ccc(OCc2ccccc2)cc1. The maximum atomic E-state index is 5.68. The fraction of sp³-hybridized carbons (Fsp3) is 0.0667. The molecule has 17 heavy (non-hydrogen) atoms. The molecule has 0 N–H and O–H groups in total. The highest BCUT2D eigenvalue weighted by atomic mass is 79.9. The van der Waals surface area contributed by atoms with Crippen molar-refractivity contribution in [2.24, 2.45) is 0 Å².